The summed E-state index contributed by atoms with van der Waals surface area (Å²) in [5.41, 5.74) is 0. The highest BCUT2D eigenvalue weighted by molar-refractivity contribution is 4.85. The third-order valence-electron chi connectivity index (χ3n) is 4.58. The van der Waals surface area contributed by atoms with Crippen LogP contribution in [-0.2, 0) is 0 Å². The first-order valence-corrected chi connectivity index (χ1v) is 7.28. The van der Waals surface area contributed by atoms with Gasteiger partial charge >= 0.3 is 0 Å². The largest absolute Gasteiger partial charge is 0.312 e. The van der Waals surface area contributed by atoms with E-state index in [1.54, 1.807) is 0 Å². The van der Waals surface area contributed by atoms with Crippen molar-refractivity contribution in [2.75, 3.05) is 19.6 Å². The Balaban J connectivity index is 1.86. The van der Waals surface area contributed by atoms with Gasteiger partial charge in [0.05, 0.1) is 0 Å². The molecule has 0 saturated carbocycles. The Morgan fingerprint density at radius 2 is 2.06 bits per heavy atom. The molecule has 94 valence electrons. The number of piperidine rings is 2. The van der Waals surface area contributed by atoms with Gasteiger partial charge in [-0.2, -0.15) is 0 Å². The maximum Gasteiger partial charge on any atom is 0.0220 e. The third kappa shape index (κ3) is 2.98. The van der Waals surface area contributed by atoms with Crippen LogP contribution in [0, 0.1) is 5.92 Å². The lowest BCUT2D eigenvalue weighted by atomic mass is 9.90. The molecule has 2 saturated heterocycles. The molecule has 3 atom stereocenters. The maximum absolute atomic E-state index is 3.72. The van der Waals surface area contributed by atoms with E-state index < -0.39 is 0 Å². The monoisotopic (exact) mass is 224 g/mol. The molecule has 0 aromatic carbocycles. The molecule has 2 rings (SSSR count). The quantitative estimate of drug-likeness (QED) is 0.793. The highest BCUT2D eigenvalue weighted by Crippen LogP contribution is 2.23. The summed E-state index contributed by atoms with van der Waals surface area (Å²) in [6, 6.07) is 1.62. The fourth-order valence-corrected chi connectivity index (χ4v) is 3.37. The van der Waals surface area contributed by atoms with Crippen LogP contribution in [0.25, 0.3) is 0 Å². The van der Waals surface area contributed by atoms with Gasteiger partial charge in [-0.05, 0) is 51.1 Å². The molecule has 0 amide bonds. The minimum Gasteiger partial charge on any atom is -0.312 e. The van der Waals surface area contributed by atoms with E-state index in [0.29, 0.717) is 0 Å². The molecule has 16 heavy (non-hydrogen) atoms. The molecule has 2 nitrogen and oxygen atoms in total. The van der Waals surface area contributed by atoms with Gasteiger partial charge in [0, 0.05) is 18.6 Å². The van der Waals surface area contributed by atoms with Crippen LogP contribution >= 0.6 is 0 Å². The number of likely N-dealkylation sites (tertiary alicyclic amines) is 1. The van der Waals surface area contributed by atoms with E-state index in [0.717, 1.165) is 18.0 Å². The molecule has 1 N–H and O–H groups in total. The number of hydrogen-bond acceptors (Lipinski definition) is 2. The molecule has 0 aliphatic carbocycles. The van der Waals surface area contributed by atoms with Crippen molar-refractivity contribution in [3.63, 3.8) is 0 Å². The average Bonchev–Trinajstić information content (AvgIpc) is 2.33. The van der Waals surface area contributed by atoms with Crippen LogP contribution in [0.3, 0.4) is 0 Å². The smallest absolute Gasteiger partial charge is 0.0220 e. The Bertz CT molecular complexity index is 205. The fraction of sp³-hybridized carbons (Fsp3) is 1.00. The molecule has 0 aromatic rings. The van der Waals surface area contributed by atoms with Crippen molar-refractivity contribution >= 4 is 0 Å². The summed E-state index contributed by atoms with van der Waals surface area (Å²) in [4.78, 5) is 2.75. The minimum atomic E-state index is 0.751. The molecule has 0 spiro atoms. The lowest BCUT2D eigenvalue weighted by Crippen LogP contribution is -2.51. The molecule has 0 radical (unpaired) electrons. The van der Waals surface area contributed by atoms with Gasteiger partial charge in [0.15, 0.2) is 0 Å². The van der Waals surface area contributed by atoms with Crippen LogP contribution in [-0.4, -0.2) is 36.6 Å². The molecule has 3 unspecified atom stereocenters. The van der Waals surface area contributed by atoms with Crippen molar-refractivity contribution in [2.24, 2.45) is 5.92 Å². The van der Waals surface area contributed by atoms with Crippen LogP contribution in [0.15, 0.2) is 0 Å². The van der Waals surface area contributed by atoms with Gasteiger partial charge in [-0.15, -0.1) is 0 Å². The molecular formula is C14H28N2. The van der Waals surface area contributed by atoms with E-state index in [1.807, 2.05) is 0 Å². The van der Waals surface area contributed by atoms with E-state index in [2.05, 4.69) is 24.1 Å². The SMILES string of the molecule is CCC1CCCCN1CC1NCCCC1C. The molecule has 0 bridgehead atoms. The highest BCUT2D eigenvalue weighted by Gasteiger charge is 2.27. The molecule has 2 heteroatoms. The van der Waals surface area contributed by atoms with Gasteiger partial charge in [0.2, 0.25) is 0 Å². The predicted molar refractivity (Wildman–Crippen MR) is 69.7 cm³/mol. The van der Waals surface area contributed by atoms with Crippen molar-refractivity contribution < 1.29 is 0 Å². The lowest BCUT2D eigenvalue weighted by Gasteiger charge is -2.40. The van der Waals surface area contributed by atoms with Crippen molar-refractivity contribution in [3.8, 4) is 0 Å². The highest BCUT2D eigenvalue weighted by atomic mass is 15.2. The van der Waals surface area contributed by atoms with Crippen LogP contribution in [0.1, 0.15) is 52.4 Å². The summed E-state index contributed by atoms with van der Waals surface area (Å²) in [6.45, 7) is 8.63. The van der Waals surface area contributed by atoms with Gasteiger partial charge in [-0.3, -0.25) is 4.90 Å². The van der Waals surface area contributed by atoms with Gasteiger partial charge in [-0.1, -0.05) is 20.3 Å². The van der Waals surface area contributed by atoms with Crippen molar-refractivity contribution in [2.45, 2.75) is 64.5 Å². The number of rotatable bonds is 3. The molecule has 2 aliphatic rings. The van der Waals surface area contributed by atoms with E-state index in [-0.39, 0.29) is 0 Å². The van der Waals surface area contributed by atoms with E-state index in [1.165, 1.54) is 58.2 Å². The van der Waals surface area contributed by atoms with Crippen LogP contribution in [0.5, 0.6) is 0 Å². The number of hydrogen-bond donors (Lipinski definition) is 1. The van der Waals surface area contributed by atoms with Crippen molar-refractivity contribution in [1.29, 1.82) is 0 Å². The molecule has 2 fully saturated rings. The summed E-state index contributed by atoms with van der Waals surface area (Å²) in [6.07, 6.45) is 8.41. The van der Waals surface area contributed by atoms with Gasteiger partial charge < -0.3 is 5.32 Å². The summed E-state index contributed by atoms with van der Waals surface area (Å²) in [5, 5.41) is 3.72. The normalized spacial score (nSPS) is 37.5. The summed E-state index contributed by atoms with van der Waals surface area (Å²) in [5.74, 6) is 0.869. The minimum absolute atomic E-state index is 0.751. The first-order valence-electron chi connectivity index (χ1n) is 7.28. The Kier molecular flexibility index (Phi) is 4.66. The number of nitrogens with zero attached hydrogens (tertiary/aromatic N) is 1. The lowest BCUT2D eigenvalue weighted by molar-refractivity contribution is 0.110. The van der Waals surface area contributed by atoms with E-state index in [9.17, 15) is 0 Å². The third-order valence-corrected chi connectivity index (χ3v) is 4.58. The topological polar surface area (TPSA) is 15.3 Å². The number of nitrogens with one attached hydrogen (secondary N) is 1. The predicted octanol–water partition coefficient (Wildman–Crippen LogP) is 2.64. The fourth-order valence-electron chi connectivity index (χ4n) is 3.37. The molecule has 0 aromatic heterocycles. The second-order valence-corrected chi connectivity index (χ2v) is 5.73. The summed E-state index contributed by atoms with van der Waals surface area (Å²) < 4.78 is 0. The Morgan fingerprint density at radius 1 is 1.19 bits per heavy atom. The average molecular weight is 224 g/mol. The van der Waals surface area contributed by atoms with E-state index >= 15 is 0 Å². The van der Waals surface area contributed by atoms with Gasteiger partial charge in [0.1, 0.15) is 0 Å². The zero-order valence-electron chi connectivity index (χ0n) is 11.0. The second kappa shape index (κ2) is 6.02. The van der Waals surface area contributed by atoms with Gasteiger partial charge in [-0.25, -0.2) is 0 Å². The molecular weight excluding hydrogens is 196 g/mol. The van der Waals surface area contributed by atoms with E-state index in [4.69, 9.17) is 0 Å². The van der Waals surface area contributed by atoms with Crippen LogP contribution in [0.4, 0.5) is 0 Å². The van der Waals surface area contributed by atoms with Crippen molar-refractivity contribution in [3.05, 3.63) is 0 Å². The molecule has 2 aliphatic heterocycles. The zero-order chi connectivity index (χ0) is 11.4. The zero-order valence-corrected chi connectivity index (χ0v) is 11.0. The Hall–Kier alpha value is -0.0800. The Labute approximate surface area is 101 Å². The maximum atomic E-state index is 3.72. The Morgan fingerprint density at radius 3 is 2.81 bits per heavy atom. The van der Waals surface area contributed by atoms with Crippen molar-refractivity contribution in [1.82, 2.24) is 10.2 Å². The first-order chi connectivity index (χ1) is 7.81. The second-order valence-electron chi connectivity index (χ2n) is 5.73. The standard InChI is InChI=1S/C14H28N2/c1-3-13-8-4-5-10-16(13)11-14-12(2)7-6-9-15-14/h12-15H,3-11H2,1-2H3. The summed E-state index contributed by atoms with van der Waals surface area (Å²) in [7, 11) is 0. The van der Waals surface area contributed by atoms with Crippen LogP contribution in [0.2, 0.25) is 0 Å². The van der Waals surface area contributed by atoms with Crippen LogP contribution < -0.4 is 5.32 Å². The molecule has 2 heterocycles. The van der Waals surface area contributed by atoms with Gasteiger partial charge in [0.25, 0.3) is 0 Å². The first kappa shape index (κ1) is 12.4. The summed E-state index contributed by atoms with van der Waals surface area (Å²) >= 11 is 0.